The van der Waals surface area contributed by atoms with Crippen LogP contribution in [0.15, 0.2) is 60.1 Å². The summed E-state index contributed by atoms with van der Waals surface area (Å²) in [6.07, 6.45) is 5.33. The van der Waals surface area contributed by atoms with E-state index >= 15 is 0 Å². The molecule has 3 heterocycles. The summed E-state index contributed by atoms with van der Waals surface area (Å²) >= 11 is 1.68. The van der Waals surface area contributed by atoms with Crippen molar-refractivity contribution in [2.45, 2.75) is 17.8 Å². The smallest absolute Gasteiger partial charge is 0.221 e. The number of benzene rings is 1. The van der Waals surface area contributed by atoms with E-state index in [4.69, 9.17) is 4.74 Å². The van der Waals surface area contributed by atoms with Gasteiger partial charge in [-0.2, -0.15) is 0 Å². The number of nitrogens with zero attached hydrogens (tertiary/aromatic N) is 4. The Balaban J connectivity index is 1.48. The van der Waals surface area contributed by atoms with E-state index in [0.717, 1.165) is 43.0 Å². The quantitative estimate of drug-likeness (QED) is 0.630. The number of rotatable bonds is 6. The Labute approximate surface area is 174 Å². The number of pyridine rings is 1. The van der Waals surface area contributed by atoms with Gasteiger partial charge in [-0.05, 0) is 23.8 Å². The standard InChI is InChI=1S/C21H23N5O2S/c1-16(27)24-18-6-7-20(23-14-18)26-9-8-22-21(26)29-15-17-4-2-3-5-19(17)25-10-12-28-13-11-25/h2-9,14H,10-13,15H2,1H3,(H,24,27). The van der Waals surface area contributed by atoms with Gasteiger partial charge in [-0.1, -0.05) is 30.0 Å². The molecule has 150 valence electrons. The van der Waals surface area contributed by atoms with Crippen LogP contribution < -0.4 is 10.2 Å². The molecule has 0 aliphatic carbocycles. The highest BCUT2D eigenvalue weighted by molar-refractivity contribution is 7.98. The van der Waals surface area contributed by atoms with Crippen LogP contribution in [0.2, 0.25) is 0 Å². The first-order chi connectivity index (χ1) is 14.2. The predicted molar refractivity (Wildman–Crippen MR) is 115 cm³/mol. The molecule has 1 aliphatic rings. The molecule has 3 aromatic rings. The van der Waals surface area contributed by atoms with Crippen molar-refractivity contribution in [3.8, 4) is 5.82 Å². The van der Waals surface area contributed by atoms with Gasteiger partial charge in [0.05, 0.1) is 25.1 Å². The maximum absolute atomic E-state index is 11.2. The van der Waals surface area contributed by atoms with Crippen LogP contribution in [0, 0.1) is 0 Å². The van der Waals surface area contributed by atoms with Crippen molar-refractivity contribution in [1.29, 1.82) is 0 Å². The molecule has 1 aromatic carbocycles. The number of thioether (sulfide) groups is 1. The Morgan fingerprint density at radius 1 is 1.17 bits per heavy atom. The van der Waals surface area contributed by atoms with E-state index in [1.807, 2.05) is 22.9 Å². The molecule has 1 amide bonds. The number of hydrogen-bond donors (Lipinski definition) is 1. The van der Waals surface area contributed by atoms with Gasteiger partial charge in [-0.15, -0.1) is 0 Å². The van der Waals surface area contributed by atoms with Crippen molar-refractivity contribution in [2.75, 3.05) is 36.5 Å². The zero-order valence-electron chi connectivity index (χ0n) is 16.2. The van der Waals surface area contributed by atoms with Gasteiger partial charge in [0, 0.05) is 43.8 Å². The summed E-state index contributed by atoms with van der Waals surface area (Å²) in [6.45, 7) is 4.85. The third-order valence-electron chi connectivity index (χ3n) is 4.62. The number of hydrogen-bond acceptors (Lipinski definition) is 6. The van der Waals surface area contributed by atoms with Crippen LogP contribution in [0.3, 0.4) is 0 Å². The lowest BCUT2D eigenvalue weighted by molar-refractivity contribution is -0.114. The predicted octanol–water partition coefficient (Wildman–Crippen LogP) is 3.35. The van der Waals surface area contributed by atoms with Gasteiger partial charge in [-0.25, -0.2) is 9.97 Å². The zero-order valence-corrected chi connectivity index (χ0v) is 17.1. The Hall–Kier alpha value is -2.84. The second-order valence-corrected chi connectivity index (χ2v) is 7.63. The van der Waals surface area contributed by atoms with Gasteiger partial charge in [0.15, 0.2) is 5.16 Å². The van der Waals surface area contributed by atoms with E-state index in [9.17, 15) is 4.79 Å². The van der Waals surface area contributed by atoms with Gasteiger partial charge < -0.3 is 15.0 Å². The molecule has 4 rings (SSSR count). The van der Waals surface area contributed by atoms with Crippen molar-refractivity contribution in [3.63, 3.8) is 0 Å². The Kier molecular flexibility index (Phi) is 6.12. The number of nitrogens with one attached hydrogen (secondary N) is 1. The molecule has 0 unspecified atom stereocenters. The van der Waals surface area contributed by atoms with Crippen molar-refractivity contribution in [3.05, 3.63) is 60.6 Å². The molecule has 1 aliphatic heterocycles. The maximum Gasteiger partial charge on any atom is 0.221 e. The van der Waals surface area contributed by atoms with Crippen LogP contribution in [0.4, 0.5) is 11.4 Å². The molecule has 0 bridgehead atoms. The molecular weight excluding hydrogens is 386 g/mol. The lowest BCUT2D eigenvalue weighted by atomic mass is 10.1. The Morgan fingerprint density at radius 2 is 2.00 bits per heavy atom. The first kappa shape index (κ1) is 19.5. The van der Waals surface area contributed by atoms with Gasteiger partial charge in [0.25, 0.3) is 0 Å². The number of para-hydroxylation sites is 1. The third-order valence-corrected chi connectivity index (χ3v) is 5.64. The molecule has 1 N–H and O–H groups in total. The highest BCUT2D eigenvalue weighted by Crippen LogP contribution is 2.29. The van der Waals surface area contributed by atoms with Crippen LogP contribution in [-0.2, 0) is 15.3 Å². The second-order valence-electron chi connectivity index (χ2n) is 6.68. The number of aromatic nitrogens is 3. The molecule has 7 nitrogen and oxygen atoms in total. The van der Waals surface area contributed by atoms with E-state index in [1.165, 1.54) is 18.2 Å². The molecule has 0 spiro atoms. The lowest BCUT2D eigenvalue weighted by Gasteiger charge is -2.30. The minimum absolute atomic E-state index is 0.114. The van der Waals surface area contributed by atoms with Crippen molar-refractivity contribution in [1.82, 2.24) is 14.5 Å². The summed E-state index contributed by atoms with van der Waals surface area (Å²) in [6, 6.07) is 12.2. The van der Waals surface area contributed by atoms with Crippen LogP contribution in [-0.4, -0.2) is 46.7 Å². The fraction of sp³-hybridized carbons (Fsp3) is 0.286. The molecule has 0 atom stereocenters. The van der Waals surface area contributed by atoms with E-state index in [2.05, 4.69) is 44.5 Å². The fourth-order valence-electron chi connectivity index (χ4n) is 3.26. The van der Waals surface area contributed by atoms with Crippen LogP contribution >= 0.6 is 11.8 Å². The number of carbonyl (C=O) groups excluding carboxylic acids is 1. The summed E-state index contributed by atoms with van der Waals surface area (Å²) in [5, 5.41) is 3.61. The van der Waals surface area contributed by atoms with Crippen molar-refractivity contribution in [2.24, 2.45) is 0 Å². The number of amides is 1. The minimum atomic E-state index is -0.114. The van der Waals surface area contributed by atoms with Gasteiger partial charge >= 0.3 is 0 Å². The molecule has 8 heteroatoms. The lowest BCUT2D eigenvalue weighted by Crippen LogP contribution is -2.36. The van der Waals surface area contributed by atoms with Gasteiger partial charge in [0.1, 0.15) is 5.82 Å². The summed E-state index contributed by atoms with van der Waals surface area (Å²) in [7, 11) is 0. The fourth-order valence-corrected chi connectivity index (χ4v) is 4.22. The molecule has 1 fully saturated rings. The van der Waals surface area contributed by atoms with E-state index in [-0.39, 0.29) is 5.91 Å². The monoisotopic (exact) mass is 409 g/mol. The maximum atomic E-state index is 11.2. The topological polar surface area (TPSA) is 72.3 Å². The number of ether oxygens (including phenoxy) is 1. The molecule has 0 saturated carbocycles. The summed E-state index contributed by atoms with van der Waals surface area (Å²) < 4.78 is 7.44. The van der Waals surface area contributed by atoms with E-state index < -0.39 is 0 Å². The Bertz CT molecular complexity index is 967. The van der Waals surface area contributed by atoms with E-state index in [1.54, 1.807) is 24.2 Å². The average molecular weight is 410 g/mol. The highest BCUT2D eigenvalue weighted by atomic mass is 32.2. The van der Waals surface area contributed by atoms with Crippen LogP contribution in [0.5, 0.6) is 0 Å². The number of carbonyl (C=O) groups is 1. The first-order valence-corrected chi connectivity index (χ1v) is 10.5. The largest absolute Gasteiger partial charge is 0.378 e. The number of anilines is 2. The second kappa shape index (κ2) is 9.11. The minimum Gasteiger partial charge on any atom is -0.378 e. The first-order valence-electron chi connectivity index (χ1n) is 9.51. The Morgan fingerprint density at radius 3 is 2.76 bits per heavy atom. The van der Waals surface area contributed by atoms with Crippen LogP contribution in [0.1, 0.15) is 12.5 Å². The molecular formula is C21H23N5O2S. The molecule has 0 radical (unpaired) electrons. The van der Waals surface area contributed by atoms with Crippen molar-refractivity contribution < 1.29 is 9.53 Å². The van der Waals surface area contributed by atoms with E-state index in [0.29, 0.717) is 5.69 Å². The normalized spacial score (nSPS) is 14.0. The highest BCUT2D eigenvalue weighted by Gasteiger charge is 2.15. The molecule has 1 saturated heterocycles. The van der Waals surface area contributed by atoms with Gasteiger partial charge in [0.2, 0.25) is 5.91 Å². The summed E-state index contributed by atoms with van der Waals surface area (Å²) in [4.78, 5) is 22.5. The number of imidazole rings is 1. The third kappa shape index (κ3) is 4.78. The molecule has 29 heavy (non-hydrogen) atoms. The summed E-state index contributed by atoms with van der Waals surface area (Å²) in [5.41, 5.74) is 3.22. The molecule has 2 aromatic heterocycles. The van der Waals surface area contributed by atoms with Gasteiger partial charge in [-0.3, -0.25) is 9.36 Å². The zero-order chi connectivity index (χ0) is 20.1. The SMILES string of the molecule is CC(=O)Nc1ccc(-n2ccnc2SCc2ccccc2N2CCOCC2)nc1. The van der Waals surface area contributed by atoms with Crippen molar-refractivity contribution >= 4 is 29.0 Å². The van der Waals surface area contributed by atoms with Crippen LogP contribution in [0.25, 0.3) is 5.82 Å². The number of morpholine rings is 1. The average Bonchev–Trinajstić information content (AvgIpc) is 3.22. The summed E-state index contributed by atoms with van der Waals surface area (Å²) in [5.74, 6) is 1.46.